The molecule has 0 radical (unpaired) electrons. The molecule has 1 fully saturated rings. The second-order valence-electron chi connectivity index (χ2n) is 6.37. The first-order valence-electron chi connectivity index (χ1n) is 8.61. The molecule has 1 aliphatic heterocycles. The Hall–Kier alpha value is -2.04. The molecule has 0 spiro atoms. The second kappa shape index (κ2) is 8.56. The number of halogens is 2. The summed E-state index contributed by atoms with van der Waals surface area (Å²) in [4.78, 5) is 26.7. The van der Waals surface area contributed by atoms with E-state index in [2.05, 4.69) is 5.32 Å². The van der Waals surface area contributed by atoms with E-state index in [1.807, 2.05) is 30.3 Å². The van der Waals surface area contributed by atoms with Crippen molar-refractivity contribution in [2.75, 3.05) is 13.1 Å². The van der Waals surface area contributed by atoms with Crippen LogP contribution < -0.4 is 5.32 Å². The van der Waals surface area contributed by atoms with Gasteiger partial charge in [-0.05, 0) is 30.5 Å². The van der Waals surface area contributed by atoms with Crippen LogP contribution in [0.2, 0.25) is 10.0 Å². The zero-order chi connectivity index (χ0) is 18.5. The summed E-state index contributed by atoms with van der Waals surface area (Å²) >= 11 is 12.1. The molecule has 1 heterocycles. The molecule has 1 aliphatic rings. The number of carbonyl (C=O) groups is 2. The molecule has 4 nitrogen and oxygen atoms in total. The molecule has 6 heteroatoms. The highest BCUT2D eigenvalue weighted by molar-refractivity contribution is 6.43. The molecule has 0 bridgehead atoms. The van der Waals surface area contributed by atoms with Gasteiger partial charge in [0.25, 0.3) is 5.91 Å². The Morgan fingerprint density at radius 2 is 1.69 bits per heavy atom. The van der Waals surface area contributed by atoms with Gasteiger partial charge in [-0.2, -0.15) is 0 Å². The number of nitrogens with one attached hydrogen (secondary N) is 1. The van der Waals surface area contributed by atoms with Gasteiger partial charge in [0.2, 0.25) is 5.91 Å². The van der Waals surface area contributed by atoms with Gasteiger partial charge in [-0.1, -0.05) is 59.6 Å². The van der Waals surface area contributed by atoms with Crippen LogP contribution in [0.3, 0.4) is 0 Å². The number of likely N-dealkylation sites (tertiary alicyclic amines) is 1. The number of carbonyl (C=O) groups excluding carboxylic acids is 2. The van der Waals surface area contributed by atoms with E-state index < -0.39 is 0 Å². The van der Waals surface area contributed by atoms with Crippen molar-refractivity contribution < 1.29 is 9.59 Å². The van der Waals surface area contributed by atoms with Crippen LogP contribution in [0.4, 0.5) is 0 Å². The number of nitrogens with zero attached hydrogens (tertiary/aromatic N) is 1. The molecule has 0 saturated carbocycles. The first-order chi connectivity index (χ1) is 12.6. The summed E-state index contributed by atoms with van der Waals surface area (Å²) < 4.78 is 0. The molecular weight excluding hydrogens is 371 g/mol. The molecular formula is C20H20Cl2N2O2. The highest BCUT2D eigenvalue weighted by atomic mass is 35.5. The normalized spacial score (nSPS) is 14.9. The van der Waals surface area contributed by atoms with Gasteiger partial charge in [-0.15, -0.1) is 0 Å². The Kier molecular flexibility index (Phi) is 6.17. The minimum atomic E-state index is -0.138. The summed E-state index contributed by atoms with van der Waals surface area (Å²) in [6, 6.07) is 14.9. The lowest BCUT2D eigenvalue weighted by Gasteiger charge is -2.31. The van der Waals surface area contributed by atoms with Crippen molar-refractivity contribution in [2.24, 2.45) is 5.92 Å². The maximum Gasteiger partial charge on any atom is 0.255 e. The molecule has 136 valence electrons. The largest absolute Gasteiger partial charge is 0.352 e. The van der Waals surface area contributed by atoms with Gasteiger partial charge < -0.3 is 10.2 Å². The van der Waals surface area contributed by atoms with Gasteiger partial charge in [0.1, 0.15) is 0 Å². The third kappa shape index (κ3) is 4.37. The van der Waals surface area contributed by atoms with Crippen LogP contribution in [0, 0.1) is 5.92 Å². The number of hydrogen-bond donors (Lipinski definition) is 1. The SMILES string of the molecule is O=C(NCc1ccccc1)C1CCN(C(=O)c2cccc(Cl)c2Cl)CC1. The van der Waals surface area contributed by atoms with Crippen LogP contribution in [0.1, 0.15) is 28.8 Å². The summed E-state index contributed by atoms with van der Waals surface area (Å²) in [5.41, 5.74) is 1.48. The fourth-order valence-electron chi connectivity index (χ4n) is 3.11. The number of rotatable bonds is 4. The van der Waals surface area contributed by atoms with E-state index in [0.717, 1.165) is 5.56 Å². The predicted molar refractivity (Wildman–Crippen MR) is 103 cm³/mol. The van der Waals surface area contributed by atoms with Crippen molar-refractivity contribution in [3.05, 3.63) is 69.7 Å². The Bertz CT molecular complexity index is 788. The molecule has 0 unspecified atom stereocenters. The van der Waals surface area contributed by atoms with Crippen molar-refractivity contribution >= 4 is 35.0 Å². The smallest absolute Gasteiger partial charge is 0.255 e. The maximum atomic E-state index is 12.6. The maximum absolute atomic E-state index is 12.6. The van der Waals surface area contributed by atoms with Crippen LogP contribution in [0.5, 0.6) is 0 Å². The van der Waals surface area contributed by atoms with E-state index in [4.69, 9.17) is 23.2 Å². The van der Waals surface area contributed by atoms with Crippen molar-refractivity contribution in [3.63, 3.8) is 0 Å². The van der Waals surface area contributed by atoms with Crippen molar-refractivity contribution in [1.29, 1.82) is 0 Å². The van der Waals surface area contributed by atoms with E-state index in [0.29, 0.717) is 43.1 Å². The molecule has 2 aromatic rings. The standard InChI is InChI=1S/C20H20Cl2N2O2/c21-17-8-4-7-16(18(17)22)20(26)24-11-9-15(10-12-24)19(25)23-13-14-5-2-1-3-6-14/h1-8,15H,9-13H2,(H,23,25). The molecule has 0 aromatic heterocycles. The monoisotopic (exact) mass is 390 g/mol. The van der Waals surface area contributed by atoms with Crippen molar-refractivity contribution in [2.45, 2.75) is 19.4 Å². The van der Waals surface area contributed by atoms with Crippen LogP contribution in [0.25, 0.3) is 0 Å². The topological polar surface area (TPSA) is 49.4 Å². The second-order valence-corrected chi connectivity index (χ2v) is 7.16. The fraction of sp³-hybridized carbons (Fsp3) is 0.300. The average Bonchev–Trinajstić information content (AvgIpc) is 2.68. The zero-order valence-corrected chi connectivity index (χ0v) is 15.8. The first kappa shape index (κ1) is 18.7. The van der Waals surface area contributed by atoms with Gasteiger partial charge >= 0.3 is 0 Å². The van der Waals surface area contributed by atoms with Crippen molar-refractivity contribution in [1.82, 2.24) is 10.2 Å². The van der Waals surface area contributed by atoms with E-state index in [-0.39, 0.29) is 22.8 Å². The highest BCUT2D eigenvalue weighted by Gasteiger charge is 2.28. The van der Waals surface area contributed by atoms with E-state index in [1.54, 1.807) is 23.1 Å². The summed E-state index contributed by atoms with van der Waals surface area (Å²) in [5.74, 6) is -0.167. The van der Waals surface area contributed by atoms with Gasteiger partial charge in [0.05, 0.1) is 15.6 Å². The molecule has 0 atom stereocenters. The van der Waals surface area contributed by atoms with Crippen molar-refractivity contribution in [3.8, 4) is 0 Å². The lowest BCUT2D eigenvalue weighted by atomic mass is 9.95. The van der Waals surface area contributed by atoms with Crippen LogP contribution in [-0.4, -0.2) is 29.8 Å². The Labute approximate surface area is 163 Å². The molecule has 0 aliphatic carbocycles. The minimum absolute atomic E-state index is 0.0433. The molecule has 2 amide bonds. The van der Waals surface area contributed by atoms with Gasteiger partial charge in [-0.3, -0.25) is 9.59 Å². The number of hydrogen-bond acceptors (Lipinski definition) is 2. The highest BCUT2D eigenvalue weighted by Crippen LogP contribution is 2.28. The van der Waals surface area contributed by atoms with Gasteiger partial charge in [-0.25, -0.2) is 0 Å². The van der Waals surface area contributed by atoms with Crippen LogP contribution >= 0.6 is 23.2 Å². The Balaban J connectivity index is 1.53. The number of benzene rings is 2. The third-order valence-electron chi connectivity index (χ3n) is 4.64. The van der Waals surface area contributed by atoms with Gasteiger partial charge in [0, 0.05) is 25.6 Å². The van der Waals surface area contributed by atoms with Crippen LogP contribution in [-0.2, 0) is 11.3 Å². The van der Waals surface area contributed by atoms with E-state index >= 15 is 0 Å². The summed E-state index contributed by atoms with van der Waals surface area (Å²) in [5, 5.41) is 3.63. The quantitative estimate of drug-likeness (QED) is 0.851. The van der Waals surface area contributed by atoms with Gasteiger partial charge in [0.15, 0.2) is 0 Å². The lowest BCUT2D eigenvalue weighted by molar-refractivity contribution is -0.126. The molecule has 3 rings (SSSR count). The molecule has 2 aromatic carbocycles. The molecule has 1 saturated heterocycles. The predicted octanol–water partition coefficient (Wildman–Crippen LogP) is 4.16. The number of amides is 2. The van der Waals surface area contributed by atoms with E-state index in [1.165, 1.54) is 0 Å². The number of piperidine rings is 1. The summed E-state index contributed by atoms with van der Waals surface area (Å²) in [7, 11) is 0. The average molecular weight is 391 g/mol. The first-order valence-corrected chi connectivity index (χ1v) is 9.37. The fourth-order valence-corrected chi connectivity index (χ4v) is 3.49. The third-order valence-corrected chi connectivity index (χ3v) is 5.46. The Morgan fingerprint density at radius 3 is 2.38 bits per heavy atom. The molecule has 1 N–H and O–H groups in total. The summed E-state index contributed by atoms with van der Waals surface area (Å²) in [6.45, 7) is 1.59. The zero-order valence-electron chi connectivity index (χ0n) is 14.3. The Morgan fingerprint density at radius 1 is 1.00 bits per heavy atom. The van der Waals surface area contributed by atoms with Crippen LogP contribution in [0.15, 0.2) is 48.5 Å². The lowest BCUT2D eigenvalue weighted by Crippen LogP contribution is -2.43. The molecule has 26 heavy (non-hydrogen) atoms. The summed E-state index contributed by atoms with van der Waals surface area (Å²) in [6.07, 6.45) is 1.29. The van der Waals surface area contributed by atoms with E-state index in [9.17, 15) is 9.59 Å². The minimum Gasteiger partial charge on any atom is -0.352 e.